The van der Waals surface area contributed by atoms with Gasteiger partial charge in [-0.1, -0.05) is 0 Å². The Labute approximate surface area is 94.5 Å². The number of hydrogen-bond acceptors (Lipinski definition) is 6. The second-order valence-electron chi connectivity index (χ2n) is 3.79. The molecule has 2 rings (SSSR count). The molecule has 0 saturated carbocycles. The summed E-state index contributed by atoms with van der Waals surface area (Å²) in [6, 6.07) is 0. The lowest BCUT2D eigenvalue weighted by atomic mass is 10.0. The molecule has 1 aromatic heterocycles. The monoisotopic (exact) mass is 244 g/mol. The van der Waals surface area contributed by atoms with Gasteiger partial charge in [-0.25, -0.2) is 4.79 Å². The summed E-state index contributed by atoms with van der Waals surface area (Å²) in [5.41, 5.74) is -1.39. The predicted octanol–water partition coefficient (Wildman–Crippen LogP) is -2.78. The SMILES string of the molecule is O=c1[nH]cc(C2O[C@H](CO)[C@H](O)[C@H]2O)c(=O)[nH]1. The maximum Gasteiger partial charge on any atom is 0.325 e. The van der Waals surface area contributed by atoms with Gasteiger partial charge < -0.3 is 25.0 Å². The molecule has 1 fully saturated rings. The van der Waals surface area contributed by atoms with Gasteiger partial charge in [-0.05, 0) is 0 Å². The number of aliphatic hydroxyl groups excluding tert-OH is 3. The third-order valence-electron chi connectivity index (χ3n) is 2.70. The van der Waals surface area contributed by atoms with E-state index in [9.17, 15) is 19.8 Å². The number of aliphatic hydroxyl groups is 3. The maximum absolute atomic E-state index is 11.5. The van der Waals surface area contributed by atoms with Gasteiger partial charge in [0.1, 0.15) is 24.4 Å². The van der Waals surface area contributed by atoms with Gasteiger partial charge in [0.2, 0.25) is 0 Å². The summed E-state index contributed by atoms with van der Waals surface area (Å²) < 4.78 is 5.15. The minimum atomic E-state index is -1.33. The van der Waals surface area contributed by atoms with E-state index >= 15 is 0 Å². The third-order valence-corrected chi connectivity index (χ3v) is 2.70. The minimum Gasteiger partial charge on any atom is -0.394 e. The Bertz CT molecular complexity index is 509. The van der Waals surface area contributed by atoms with Crippen molar-refractivity contribution >= 4 is 0 Å². The first kappa shape index (κ1) is 12.0. The molecular formula is C9H12N2O6. The number of hydrogen-bond donors (Lipinski definition) is 5. The first-order valence-corrected chi connectivity index (χ1v) is 4.99. The zero-order chi connectivity index (χ0) is 12.6. The zero-order valence-electron chi connectivity index (χ0n) is 8.66. The van der Waals surface area contributed by atoms with Crippen LogP contribution in [0.4, 0.5) is 0 Å². The molecule has 0 spiro atoms. The Kier molecular flexibility index (Phi) is 3.11. The van der Waals surface area contributed by atoms with Crippen LogP contribution in [0.1, 0.15) is 11.7 Å². The van der Waals surface area contributed by atoms with Gasteiger partial charge in [-0.2, -0.15) is 0 Å². The van der Waals surface area contributed by atoms with E-state index in [2.05, 4.69) is 4.98 Å². The van der Waals surface area contributed by atoms with Crippen LogP contribution in [-0.4, -0.2) is 50.2 Å². The highest BCUT2D eigenvalue weighted by Gasteiger charge is 2.44. The lowest BCUT2D eigenvalue weighted by molar-refractivity contribution is -0.0232. The van der Waals surface area contributed by atoms with Gasteiger partial charge in [0.05, 0.1) is 12.2 Å². The molecule has 0 aliphatic carbocycles. The van der Waals surface area contributed by atoms with Crippen LogP contribution < -0.4 is 11.2 Å². The fraction of sp³-hybridized carbons (Fsp3) is 0.556. The molecule has 17 heavy (non-hydrogen) atoms. The molecular weight excluding hydrogens is 232 g/mol. The minimum absolute atomic E-state index is 0.00731. The predicted molar refractivity (Wildman–Crippen MR) is 54.4 cm³/mol. The lowest BCUT2D eigenvalue weighted by Crippen LogP contribution is -2.34. The largest absolute Gasteiger partial charge is 0.394 e. The molecule has 8 nitrogen and oxygen atoms in total. The fourth-order valence-electron chi connectivity index (χ4n) is 1.79. The molecule has 1 aromatic rings. The number of aromatic amines is 2. The standard InChI is InChI=1S/C9H12N2O6/c12-2-4-5(13)6(14)7(17-4)3-1-10-9(16)11-8(3)15/h1,4-7,12-14H,2H2,(H2,10,11,15,16)/t4-,5+,6-,7?/m1/s1. The van der Waals surface area contributed by atoms with Gasteiger partial charge in [0.15, 0.2) is 0 Å². The second kappa shape index (κ2) is 4.41. The van der Waals surface area contributed by atoms with E-state index in [4.69, 9.17) is 9.84 Å². The van der Waals surface area contributed by atoms with Gasteiger partial charge >= 0.3 is 5.69 Å². The Morgan fingerprint density at radius 2 is 2.00 bits per heavy atom. The van der Waals surface area contributed by atoms with E-state index in [1.54, 1.807) is 0 Å². The second-order valence-corrected chi connectivity index (χ2v) is 3.79. The van der Waals surface area contributed by atoms with Crippen LogP contribution in [0.3, 0.4) is 0 Å². The highest BCUT2D eigenvalue weighted by atomic mass is 16.6. The van der Waals surface area contributed by atoms with Crippen molar-refractivity contribution in [2.75, 3.05) is 6.61 Å². The average molecular weight is 244 g/mol. The molecule has 8 heteroatoms. The normalized spacial score (nSPS) is 32.9. The van der Waals surface area contributed by atoms with E-state index < -0.39 is 42.3 Å². The number of nitrogens with one attached hydrogen (secondary N) is 2. The van der Waals surface area contributed by atoms with Crippen LogP contribution in [0.2, 0.25) is 0 Å². The first-order valence-electron chi connectivity index (χ1n) is 4.99. The van der Waals surface area contributed by atoms with Crippen molar-refractivity contribution in [3.05, 3.63) is 32.6 Å². The van der Waals surface area contributed by atoms with E-state index in [1.165, 1.54) is 0 Å². The van der Waals surface area contributed by atoms with E-state index in [1.807, 2.05) is 4.98 Å². The summed E-state index contributed by atoms with van der Waals surface area (Å²) in [6.45, 7) is -0.476. The van der Waals surface area contributed by atoms with Crippen molar-refractivity contribution in [3.63, 3.8) is 0 Å². The maximum atomic E-state index is 11.5. The smallest absolute Gasteiger partial charge is 0.325 e. The summed E-state index contributed by atoms with van der Waals surface area (Å²) in [5, 5.41) is 28.1. The van der Waals surface area contributed by atoms with Gasteiger partial charge in [0, 0.05) is 6.20 Å². The summed E-state index contributed by atoms with van der Waals surface area (Å²) in [4.78, 5) is 26.5. The molecule has 1 unspecified atom stereocenters. The molecule has 2 heterocycles. The van der Waals surface area contributed by atoms with Crippen LogP contribution in [0.25, 0.3) is 0 Å². The number of rotatable bonds is 2. The number of H-pyrrole nitrogens is 2. The van der Waals surface area contributed by atoms with Crippen molar-refractivity contribution in [1.29, 1.82) is 0 Å². The fourth-order valence-corrected chi connectivity index (χ4v) is 1.79. The molecule has 5 N–H and O–H groups in total. The van der Waals surface area contributed by atoms with E-state index in [-0.39, 0.29) is 5.56 Å². The summed E-state index contributed by atoms with van der Waals surface area (Å²) in [7, 11) is 0. The number of ether oxygens (including phenoxy) is 1. The van der Waals surface area contributed by atoms with Gasteiger partial charge in [0.25, 0.3) is 5.56 Å². The van der Waals surface area contributed by atoms with Crippen molar-refractivity contribution in [3.8, 4) is 0 Å². The zero-order valence-corrected chi connectivity index (χ0v) is 8.66. The molecule has 0 aromatic carbocycles. The molecule has 1 aliphatic rings. The third kappa shape index (κ3) is 2.03. The molecule has 1 saturated heterocycles. The van der Waals surface area contributed by atoms with Gasteiger partial charge in [-0.3, -0.25) is 9.78 Å². The van der Waals surface area contributed by atoms with Gasteiger partial charge in [-0.15, -0.1) is 0 Å². The summed E-state index contributed by atoms with van der Waals surface area (Å²) in [5.74, 6) is 0. The van der Waals surface area contributed by atoms with Crippen LogP contribution in [0.15, 0.2) is 15.8 Å². The highest BCUT2D eigenvalue weighted by Crippen LogP contribution is 2.31. The molecule has 1 aliphatic heterocycles. The van der Waals surface area contributed by atoms with E-state index in [0.717, 1.165) is 6.20 Å². The molecule has 0 bridgehead atoms. The topological polar surface area (TPSA) is 136 Å². The Morgan fingerprint density at radius 1 is 1.29 bits per heavy atom. The van der Waals surface area contributed by atoms with Crippen molar-refractivity contribution in [2.45, 2.75) is 24.4 Å². The highest BCUT2D eigenvalue weighted by molar-refractivity contribution is 5.13. The van der Waals surface area contributed by atoms with Crippen molar-refractivity contribution in [1.82, 2.24) is 9.97 Å². The Hall–Kier alpha value is -1.48. The molecule has 4 atom stereocenters. The van der Waals surface area contributed by atoms with Crippen molar-refractivity contribution in [2.24, 2.45) is 0 Å². The average Bonchev–Trinajstić information content (AvgIpc) is 2.57. The molecule has 0 radical (unpaired) electrons. The Morgan fingerprint density at radius 3 is 2.53 bits per heavy atom. The summed E-state index contributed by atoms with van der Waals surface area (Å²) >= 11 is 0. The van der Waals surface area contributed by atoms with Crippen molar-refractivity contribution < 1.29 is 20.1 Å². The van der Waals surface area contributed by atoms with Crippen LogP contribution in [0.5, 0.6) is 0 Å². The Balaban J connectivity index is 2.35. The van der Waals surface area contributed by atoms with Crippen LogP contribution in [0, 0.1) is 0 Å². The van der Waals surface area contributed by atoms with Crippen LogP contribution >= 0.6 is 0 Å². The first-order chi connectivity index (χ1) is 8.04. The number of aromatic nitrogens is 2. The molecule has 94 valence electrons. The van der Waals surface area contributed by atoms with E-state index in [0.29, 0.717) is 0 Å². The lowest BCUT2D eigenvalue weighted by Gasteiger charge is -2.13. The molecule has 0 amide bonds. The summed E-state index contributed by atoms with van der Waals surface area (Å²) in [6.07, 6.45) is -3.54. The van der Waals surface area contributed by atoms with Crippen LogP contribution in [-0.2, 0) is 4.74 Å². The quantitative estimate of drug-likeness (QED) is 0.382.